The molecule has 1 aromatic rings. The lowest BCUT2D eigenvalue weighted by Gasteiger charge is -2.32. The minimum Gasteiger partial charge on any atom is -0.185 e. The maximum Gasteiger partial charge on any atom is 0.134 e. The van der Waals surface area contributed by atoms with E-state index < -0.39 is 0 Å². The SMILES string of the molecule is Cc1cccc(C(C)(C)SC#N)c1C(C)(C)SC#N. The number of thiocyanates is 2. The summed E-state index contributed by atoms with van der Waals surface area (Å²) in [6.07, 6.45) is 0. The predicted molar refractivity (Wildman–Crippen MR) is 83.6 cm³/mol. The zero-order valence-corrected chi connectivity index (χ0v) is 13.6. The fraction of sp³-hybridized carbons (Fsp3) is 0.467. The van der Waals surface area contributed by atoms with Gasteiger partial charge in [0.1, 0.15) is 10.8 Å². The Balaban J connectivity index is 3.49. The summed E-state index contributed by atoms with van der Waals surface area (Å²) in [6.45, 7) is 10.3. The topological polar surface area (TPSA) is 47.6 Å². The molecule has 0 saturated carbocycles. The van der Waals surface area contributed by atoms with Crippen molar-refractivity contribution >= 4 is 23.5 Å². The van der Waals surface area contributed by atoms with Gasteiger partial charge in [0.05, 0.1) is 4.75 Å². The van der Waals surface area contributed by atoms with E-state index in [0.717, 1.165) is 16.7 Å². The number of benzene rings is 1. The van der Waals surface area contributed by atoms with Crippen molar-refractivity contribution in [3.8, 4) is 10.8 Å². The van der Waals surface area contributed by atoms with Gasteiger partial charge in [0.15, 0.2) is 0 Å². The molecule has 0 aliphatic rings. The fourth-order valence-corrected chi connectivity index (χ4v) is 3.41. The van der Waals surface area contributed by atoms with Crippen LogP contribution in [0.1, 0.15) is 44.4 Å². The maximum absolute atomic E-state index is 9.01. The summed E-state index contributed by atoms with van der Waals surface area (Å²) in [5.74, 6) is 0. The lowest BCUT2D eigenvalue weighted by molar-refractivity contribution is 0.708. The van der Waals surface area contributed by atoms with E-state index in [1.165, 1.54) is 23.5 Å². The van der Waals surface area contributed by atoms with E-state index in [0.29, 0.717) is 0 Å². The minimum absolute atomic E-state index is 0.288. The van der Waals surface area contributed by atoms with Crippen LogP contribution in [0.4, 0.5) is 0 Å². The van der Waals surface area contributed by atoms with Crippen molar-refractivity contribution in [3.63, 3.8) is 0 Å². The molecule has 4 heteroatoms. The molecule has 1 rings (SSSR count). The summed E-state index contributed by atoms with van der Waals surface area (Å²) >= 11 is 2.52. The normalized spacial score (nSPS) is 11.7. The third-order valence-corrected chi connectivity index (χ3v) is 4.75. The molecule has 100 valence electrons. The predicted octanol–water partition coefficient (Wildman–Crippen LogP) is 4.89. The molecule has 0 aliphatic carbocycles. The van der Waals surface area contributed by atoms with E-state index in [9.17, 15) is 0 Å². The monoisotopic (exact) mass is 290 g/mol. The molecular weight excluding hydrogens is 272 g/mol. The van der Waals surface area contributed by atoms with Gasteiger partial charge in [-0.1, -0.05) is 18.2 Å². The Labute approximate surface area is 124 Å². The van der Waals surface area contributed by atoms with Crippen LogP contribution in [0.2, 0.25) is 0 Å². The largest absolute Gasteiger partial charge is 0.185 e. The molecule has 0 bridgehead atoms. The van der Waals surface area contributed by atoms with Crippen LogP contribution in [-0.4, -0.2) is 0 Å². The molecule has 0 N–H and O–H groups in total. The van der Waals surface area contributed by atoms with Crippen molar-refractivity contribution in [2.24, 2.45) is 0 Å². The third-order valence-electron chi connectivity index (χ3n) is 3.13. The summed E-state index contributed by atoms with van der Waals surface area (Å²) in [5.41, 5.74) is 3.46. The Bertz CT molecular complexity index is 548. The number of nitrogens with zero attached hydrogens (tertiary/aromatic N) is 2. The number of nitriles is 2. The molecule has 0 amide bonds. The van der Waals surface area contributed by atoms with Gasteiger partial charge in [-0.2, -0.15) is 10.5 Å². The zero-order valence-electron chi connectivity index (χ0n) is 11.9. The van der Waals surface area contributed by atoms with Gasteiger partial charge in [-0.15, -0.1) is 0 Å². The van der Waals surface area contributed by atoms with E-state index in [-0.39, 0.29) is 9.49 Å². The molecule has 0 fully saturated rings. The van der Waals surface area contributed by atoms with Gasteiger partial charge in [-0.05, 0) is 74.8 Å². The van der Waals surface area contributed by atoms with Crippen LogP contribution in [0.25, 0.3) is 0 Å². The minimum atomic E-state index is -0.289. The third kappa shape index (κ3) is 3.47. The van der Waals surface area contributed by atoms with Crippen molar-refractivity contribution < 1.29 is 0 Å². The van der Waals surface area contributed by atoms with Crippen molar-refractivity contribution in [1.82, 2.24) is 0 Å². The summed E-state index contributed by atoms with van der Waals surface area (Å²) in [5, 5.41) is 22.4. The number of rotatable bonds is 4. The molecule has 0 radical (unpaired) electrons. The van der Waals surface area contributed by atoms with Gasteiger partial charge in [-0.3, -0.25) is 0 Å². The molecule has 0 spiro atoms. The van der Waals surface area contributed by atoms with Gasteiger partial charge in [-0.25, -0.2) is 0 Å². The van der Waals surface area contributed by atoms with E-state index in [1.807, 2.05) is 19.9 Å². The number of aryl methyl sites for hydroxylation is 1. The summed E-state index contributed by atoms with van der Waals surface area (Å²) < 4.78 is -0.577. The lowest BCUT2D eigenvalue weighted by Crippen LogP contribution is -2.22. The molecule has 2 nitrogen and oxygen atoms in total. The van der Waals surface area contributed by atoms with E-state index in [2.05, 4.69) is 43.7 Å². The Morgan fingerprint density at radius 2 is 1.47 bits per heavy atom. The van der Waals surface area contributed by atoms with Crippen molar-refractivity contribution in [2.45, 2.75) is 44.1 Å². The second-order valence-corrected chi connectivity index (χ2v) is 8.22. The van der Waals surface area contributed by atoms with Crippen molar-refractivity contribution in [2.75, 3.05) is 0 Å². The van der Waals surface area contributed by atoms with Gasteiger partial charge >= 0.3 is 0 Å². The summed E-state index contributed by atoms with van der Waals surface area (Å²) in [4.78, 5) is 0. The molecule has 0 atom stereocenters. The number of hydrogen-bond acceptors (Lipinski definition) is 4. The molecule has 0 aromatic heterocycles. The lowest BCUT2D eigenvalue weighted by atomic mass is 9.86. The number of thioether (sulfide) groups is 2. The second kappa shape index (κ2) is 5.90. The van der Waals surface area contributed by atoms with E-state index in [4.69, 9.17) is 10.5 Å². The average molecular weight is 290 g/mol. The highest BCUT2D eigenvalue weighted by atomic mass is 32.2. The highest BCUT2D eigenvalue weighted by molar-refractivity contribution is 8.04. The van der Waals surface area contributed by atoms with Crippen LogP contribution in [0.5, 0.6) is 0 Å². The molecule has 0 aliphatic heterocycles. The Hall–Kier alpha value is -1.10. The molecular formula is C15H18N2S2. The number of hydrogen-bond donors (Lipinski definition) is 0. The van der Waals surface area contributed by atoms with Gasteiger partial charge in [0, 0.05) is 4.75 Å². The molecule has 0 saturated heterocycles. The van der Waals surface area contributed by atoms with Crippen LogP contribution in [0.15, 0.2) is 18.2 Å². The van der Waals surface area contributed by atoms with Crippen LogP contribution >= 0.6 is 23.5 Å². The van der Waals surface area contributed by atoms with Crippen LogP contribution in [0.3, 0.4) is 0 Å². The van der Waals surface area contributed by atoms with E-state index >= 15 is 0 Å². The zero-order chi connectivity index (χ0) is 14.7. The quantitative estimate of drug-likeness (QED) is 0.740. The highest BCUT2D eigenvalue weighted by Crippen LogP contribution is 2.45. The van der Waals surface area contributed by atoms with E-state index in [1.54, 1.807) is 0 Å². The summed E-state index contributed by atoms with van der Waals surface area (Å²) in [6, 6.07) is 6.14. The van der Waals surface area contributed by atoms with Crippen molar-refractivity contribution in [1.29, 1.82) is 10.5 Å². The standard InChI is InChI=1S/C15H18N2S2/c1-11-7-6-8-12(14(2,3)18-9-16)13(11)15(4,5)19-10-17/h6-8H,1-5H3. The van der Waals surface area contributed by atoms with Gasteiger partial charge < -0.3 is 0 Å². The molecule has 0 heterocycles. The molecule has 1 aromatic carbocycles. The first-order valence-electron chi connectivity index (χ1n) is 6.01. The first-order valence-corrected chi connectivity index (χ1v) is 7.64. The van der Waals surface area contributed by atoms with Crippen LogP contribution in [-0.2, 0) is 9.49 Å². The first kappa shape index (κ1) is 16.0. The van der Waals surface area contributed by atoms with Gasteiger partial charge in [0.2, 0.25) is 0 Å². The fourth-order valence-electron chi connectivity index (χ4n) is 2.30. The average Bonchev–Trinajstić information content (AvgIpc) is 2.28. The first-order chi connectivity index (χ1) is 8.76. The van der Waals surface area contributed by atoms with Crippen LogP contribution < -0.4 is 0 Å². The Morgan fingerprint density at radius 3 is 2.00 bits per heavy atom. The Kier molecular flexibility index (Phi) is 4.96. The second-order valence-electron chi connectivity index (χ2n) is 5.40. The molecule has 19 heavy (non-hydrogen) atoms. The highest BCUT2D eigenvalue weighted by Gasteiger charge is 2.33. The maximum atomic E-state index is 9.01. The Morgan fingerprint density at radius 1 is 0.947 bits per heavy atom. The van der Waals surface area contributed by atoms with Crippen molar-refractivity contribution in [3.05, 3.63) is 34.9 Å². The molecule has 0 unspecified atom stereocenters. The summed E-state index contributed by atoms with van der Waals surface area (Å²) in [7, 11) is 0. The smallest absolute Gasteiger partial charge is 0.134 e. The van der Waals surface area contributed by atoms with Gasteiger partial charge in [0.25, 0.3) is 0 Å². The van der Waals surface area contributed by atoms with Crippen LogP contribution in [0, 0.1) is 28.3 Å².